The van der Waals surface area contributed by atoms with Gasteiger partial charge in [0.1, 0.15) is 11.0 Å². The number of halogens is 4. The van der Waals surface area contributed by atoms with Crippen LogP contribution in [0.3, 0.4) is 0 Å². The van der Waals surface area contributed by atoms with Crippen LogP contribution in [0.1, 0.15) is 19.7 Å². The molecule has 0 saturated carbocycles. The molecule has 1 unspecified atom stereocenters. The Morgan fingerprint density at radius 2 is 2.11 bits per heavy atom. The van der Waals surface area contributed by atoms with E-state index in [0.717, 1.165) is 11.5 Å². The molecule has 18 heavy (non-hydrogen) atoms. The maximum Gasteiger partial charge on any atom is 0.451 e. The molecular formula is C10H13ClF3N3S. The zero-order chi connectivity index (χ0) is 13.8. The van der Waals surface area contributed by atoms with Gasteiger partial charge in [-0.3, -0.25) is 0 Å². The highest BCUT2D eigenvalue weighted by atomic mass is 35.5. The number of aromatic nitrogens is 2. The third-order valence-electron chi connectivity index (χ3n) is 1.91. The standard InChI is InChI=1S/C10H13ClF3N3S/c1-3-18-5-6(2)15-8-4-7(11)16-9(17-8)10(12,13)14/h4,6H,3,5H2,1-2H3,(H,15,16,17). The van der Waals surface area contributed by atoms with Crippen LogP contribution in [-0.4, -0.2) is 27.5 Å². The Kier molecular flexibility index (Phi) is 5.52. The molecule has 1 N–H and O–H groups in total. The summed E-state index contributed by atoms with van der Waals surface area (Å²) in [7, 11) is 0. The van der Waals surface area contributed by atoms with Crippen molar-refractivity contribution in [2.45, 2.75) is 26.1 Å². The zero-order valence-corrected chi connectivity index (χ0v) is 11.5. The molecule has 0 radical (unpaired) electrons. The third kappa shape index (κ3) is 4.89. The summed E-state index contributed by atoms with van der Waals surface area (Å²) in [5.41, 5.74) is 0. The number of rotatable bonds is 5. The van der Waals surface area contributed by atoms with Gasteiger partial charge >= 0.3 is 6.18 Å². The largest absolute Gasteiger partial charge is 0.451 e. The lowest BCUT2D eigenvalue weighted by atomic mass is 10.4. The van der Waals surface area contributed by atoms with Gasteiger partial charge in [-0.1, -0.05) is 18.5 Å². The van der Waals surface area contributed by atoms with Gasteiger partial charge in [0.25, 0.3) is 0 Å². The molecule has 0 bridgehead atoms. The smallest absolute Gasteiger partial charge is 0.367 e. The van der Waals surface area contributed by atoms with Crippen molar-refractivity contribution in [1.82, 2.24) is 9.97 Å². The normalized spacial score (nSPS) is 13.4. The summed E-state index contributed by atoms with van der Waals surface area (Å²) in [5, 5.41) is 2.65. The first-order valence-corrected chi connectivity index (χ1v) is 6.82. The monoisotopic (exact) mass is 299 g/mol. The van der Waals surface area contributed by atoms with Crippen LogP contribution in [0.25, 0.3) is 0 Å². The van der Waals surface area contributed by atoms with Gasteiger partial charge in [0, 0.05) is 17.9 Å². The average Bonchev–Trinajstić information content (AvgIpc) is 2.24. The summed E-state index contributed by atoms with van der Waals surface area (Å²) >= 11 is 7.24. The van der Waals surface area contributed by atoms with Crippen molar-refractivity contribution in [1.29, 1.82) is 0 Å². The van der Waals surface area contributed by atoms with Crippen molar-refractivity contribution in [2.75, 3.05) is 16.8 Å². The number of hydrogen-bond donors (Lipinski definition) is 1. The van der Waals surface area contributed by atoms with E-state index < -0.39 is 12.0 Å². The molecule has 1 rings (SSSR count). The van der Waals surface area contributed by atoms with Gasteiger partial charge in [0.2, 0.25) is 5.82 Å². The van der Waals surface area contributed by atoms with E-state index in [1.165, 1.54) is 6.07 Å². The Labute approximate surface area is 113 Å². The molecule has 102 valence electrons. The highest BCUT2D eigenvalue weighted by molar-refractivity contribution is 7.99. The molecule has 0 amide bonds. The molecule has 1 aromatic heterocycles. The fourth-order valence-corrected chi connectivity index (χ4v) is 2.06. The fraction of sp³-hybridized carbons (Fsp3) is 0.600. The van der Waals surface area contributed by atoms with Crippen molar-refractivity contribution in [3.63, 3.8) is 0 Å². The summed E-state index contributed by atoms with van der Waals surface area (Å²) < 4.78 is 37.4. The average molecular weight is 300 g/mol. The molecule has 0 aliphatic rings. The molecule has 0 fully saturated rings. The Hall–Kier alpha value is -0.690. The predicted octanol–water partition coefficient (Wildman–Crippen LogP) is 3.70. The van der Waals surface area contributed by atoms with Crippen molar-refractivity contribution < 1.29 is 13.2 Å². The Balaban J connectivity index is 2.80. The lowest BCUT2D eigenvalue weighted by Gasteiger charge is -2.15. The minimum atomic E-state index is -4.59. The van der Waals surface area contributed by atoms with E-state index in [1.54, 1.807) is 11.8 Å². The predicted molar refractivity (Wildman–Crippen MR) is 68.1 cm³/mol. The van der Waals surface area contributed by atoms with Crippen LogP contribution in [0.2, 0.25) is 5.15 Å². The Bertz CT molecular complexity index is 400. The van der Waals surface area contributed by atoms with Crippen LogP contribution in [0.15, 0.2) is 6.07 Å². The van der Waals surface area contributed by atoms with E-state index in [9.17, 15) is 13.2 Å². The van der Waals surface area contributed by atoms with Gasteiger partial charge in [0.15, 0.2) is 0 Å². The first kappa shape index (κ1) is 15.4. The minimum Gasteiger partial charge on any atom is -0.367 e. The fourth-order valence-electron chi connectivity index (χ4n) is 1.21. The maximum atomic E-state index is 12.5. The SMILES string of the molecule is CCSCC(C)Nc1cc(Cl)nc(C(F)(F)F)n1. The van der Waals surface area contributed by atoms with E-state index in [-0.39, 0.29) is 17.0 Å². The summed E-state index contributed by atoms with van der Waals surface area (Å²) in [6.07, 6.45) is -4.59. The van der Waals surface area contributed by atoms with Crippen molar-refractivity contribution in [2.24, 2.45) is 0 Å². The molecule has 1 atom stereocenters. The van der Waals surface area contributed by atoms with E-state index in [0.29, 0.717) is 0 Å². The minimum absolute atomic E-state index is 0.00185. The second-order valence-electron chi connectivity index (χ2n) is 3.60. The van der Waals surface area contributed by atoms with Gasteiger partial charge < -0.3 is 5.32 Å². The highest BCUT2D eigenvalue weighted by Gasteiger charge is 2.35. The number of anilines is 1. The van der Waals surface area contributed by atoms with Crippen LogP contribution in [0, 0.1) is 0 Å². The molecule has 0 spiro atoms. The summed E-state index contributed by atoms with van der Waals surface area (Å²) in [5.74, 6) is 0.587. The van der Waals surface area contributed by atoms with E-state index >= 15 is 0 Å². The van der Waals surface area contributed by atoms with Crippen molar-refractivity contribution in [3.05, 3.63) is 17.0 Å². The second-order valence-corrected chi connectivity index (χ2v) is 5.31. The molecule has 0 saturated heterocycles. The summed E-state index contributed by atoms with van der Waals surface area (Å²) in [6, 6.07) is 1.28. The third-order valence-corrected chi connectivity index (χ3v) is 3.25. The number of nitrogens with one attached hydrogen (secondary N) is 1. The number of hydrogen-bond acceptors (Lipinski definition) is 4. The van der Waals surface area contributed by atoms with Crippen molar-refractivity contribution >= 4 is 29.2 Å². The molecule has 8 heteroatoms. The molecule has 0 aliphatic carbocycles. The van der Waals surface area contributed by atoms with Crippen LogP contribution in [-0.2, 0) is 6.18 Å². The molecule has 1 aromatic rings. The quantitative estimate of drug-likeness (QED) is 0.841. The first-order chi connectivity index (χ1) is 8.32. The number of nitrogens with zero attached hydrogens (tertiary/aromatic N) is 2. The Morgan fingerprint density at radius 3 is 2.67 bits per heavy atom. The topological polar surface area (TPSA) is 37.8 Å². The molecule has 0 aliphatic heterocycles. The van der Waals surface area contributed by atoms with Gasteiger partial charge in [-0.05, 0) is 12.7 Å². The number of thioether (sulfide) groups is 1. The second kappa shape index (κ2) is 6.47. The van der Waals surface area contributed by atoms with Crippen LogP contribution in [0.4, 0.5) is 19.0 Å². The first-order valence-electron chi connectivity index (χ1n) is 5.29. The van der Waals surface area contributed by atoms with E-state index in [4.69, 9.17) is 11.6 Å². The van der Waals surface area contributed by atoms with Gasteiger partial charge in [-0.25, -0.2) is 9.97 Å². The number of alkyl halides is 3. The van der Waals surface area contributed by atoms with Gasteiger partial charge in [-0.2, -0.15) is 24.9 Å². The van der Waals surface area contributed by atoms with Crippen LogP contribution >= 0.6 is 23.4 Å². The van der Waals surface area contributed by atoms with Crippen LogP contribution < -0.4 is 5.32 Å². The Morgan fingerprint density at radius 1 is 1.44 bits per heavy atom. The highest BCUT2D eigenvalue weighted by Crippen LogP contribution is 2.28. The molecular weight excluding hydrogens is 287 g/mol. The van der Waals surface area contributed by atoms with Crippen molar-refractivity contribution in [3.8, 4) is 0 Å². The van der Waals surface area contributed by atoms with Gasteiger partial charge in [0.05, 0.1) is 0 Å². The van der Waals surface area contributed by atoms with E-state index in [2.05, 4.69) is 15.3 Å². The molecule has 3 nitrogen and oxygen atoms in total. The van der Waals surface area contributed by atoms with Crippen LogP contribution in [0.5, 0.6) is 0 Å². The summed E-state index contributed by atoms with van der Waals surface area (Å²) in [4.78, 5) is 6.57. The van der Waals surface area contributed by atoms with E-state index in [1.807, 2.05) is 13.8 Å². The molecule has 0 aromatic carbocycles. The molecule has 1 heterocycles. The van der Waals surface area contributed by atoms with Gasteiger partial charge in [-0.15, -0.1) is 0 Å². The lowest BCUT2D eigenvalue weighted by Crippen LogP contribution is -2.20. The lowest BCUT2D eigenvalue weighted by molar-refractivity contribution is -0.144. The zero-order valence-electron chi connectivity index (χ0n) is 9.88. The maximum absolute atomic E-state index is 12.5. The summed E-state index contributed by atoms with van der Waals surface area (Å²) in [6.45, 7) is 3.88.